The molecule has 1 unspecified atom stereocenters. The first-order chi connectivity index (χ1) is 57.1. The number of hydrogen-bond acceptors (Lipinski definition) is 9. The van der Waals surface area contributed by atoms with Crippen LogP contribution in [-0.4, -0.2) is 56.6 Å². The summed E-state index contributed by atoms with van der Waals surface area (Å²) in [4.78, 5) is 6.01. The monoisotopic (exact) mass is 1890 g/mol. The van der Waals surface area contributed by atoms with E-state index >= 15 is 0 Å². The predicted octanol–water partition coefficient (Wildman–Crippen LogP) is 35.6. The molecule has 0 spiro atoms. The van der Waals surface area contributed by atoms with Crippen LogP contribution in [0.3, 0.4) is 0 Å². The summed E-state index contributed by atoms with van der Waals surface area (Å²) in [6.45, 7) is 26.2. The summed E-state index contributed by atoms with van der Waals surface area (Å²) >= 11 is 7.39. The summed E-state index contributed by atoms with van der Waals surface area (Å²) in [5, 5.41) is 0. The molecule has 2 aliphatic carbocycles. The molecule has 2 aliphatic rings. The molecular formula is C105H150O3S6Sn2. The van der Waals surface area contributed by atoms with Crippen LogP contribution in [-0.2, 0) is 10.8 Å². The van der Waals surface area contributed by atoms with Crippen LogP contribution in [0.2, 0.25) is 26.6 Å². The first kappa shape index (κ1) is 92.0. The van der Waals surface area contributed by atoms with Crippen LogP contribution >= 0.6 is 68.0 Å². The number of hydrogen-bond donors (Lipinski definition) is 0. The van der Waals surface area contributed by atoms with Crippen molar-refractivity contribution in [3.05, 3.63) is 159 Å². The van der Waals surface area contributed by atoms with Crippen molar-refractivity contribution < 1.29 is 14.2 Å². The van der Waals surface area contributed by atoms with Crippen molar-refractivity contribution in [1.82, 2.24) is 0 Å². The van der Waals surface area contributed by atoms with Gasteiger partial charge < -0.3 is 0 Å². The van der Waals surface area contributed by atoms with Crippen molar-refractivity contribution in [3.63, 3.8) is 0 Å². The quantitative estimate of drug-likeness (QED) is 0.0281. The Bertz CT molecular complexity index is 4390. The van der Waals surface area contributed by atoms with Crippen LogP contribution in [0, 0.1) is 6.92 Å². The fourth-order valence-electron chi connectivity index (χ4n) is 20.1. The van der Waals surface area contributed by atoms with Crippen molar-refractivity contribution in [2.45, 2.75) is 376 Å². The average molecular weight is 1890 g/mol. The molecule has 1 atom stereocenters. The maximum atomic E-state index is 6.87. The minimum absolute atomic E-state index is 0.582. The molecule has 4 aromatic carbocycles. The van der Waals surface area contributed by atoms with E-state index in [1.165, 1.54) is 354 Å². The first-order valence-electron chi connectivity index (χ1n) is 48.1. The van der Waals surface area contributed by atoms with Crippen LogP contribution in [0.1, 0.15) is 382 Å². The molecule has 3 nitrogen and oxygen atoms in total. The van der Waals surface area contributed by atoms with Crippen molar-refractivity contribution in [2.75, 3.05) is 19.8 Å². The fraction of sp³-hybridized carbons (Fsp3) is 0.600. The van der Waals surface area contributed by atoms with E-state index in [1.54, 1.807) is 20.5 Å². The molecule has 0 aliphatic heterocycles. The van der Waals surface area contributed by atoms with E-state index in [-0.39, 0.29) is 0 Å². The molecule has 632 valence electrons. The van der Waals surface area contributed by atoms with E-state index in [0.29, 0.717) is 0 Å². The molecule has 6 aromatic heterocycles. The third kappa shape index (κ3) is 21.4. The van der Waals surface area contributed by atoms with Gasteiger partial charge in [-0.25, -0.2) is 0 Å². The molecule has 12 rings (SSSR count). The van der Waals surface area contributed by atoms with Gasteiger partial charge in [0.25, 0.3) is 0 Å². The molecule has 10 aromatic rings. The molecule has 0 N–H and O–H groups in total. The van der Waals surface area contributed by atoms with Gasteiger partial charge in [0.05, 0.1) is 0 Å². The second kappa shape index (κ2) is 47.1. The number of benzene rings is 4. The van der Waals surface area contributed by atoms with E-state index in [0.717, 1.165) is 56.3 Å². The van der Waals surface area contributed by atoms with Gasteiger partial charge in [-0.3, -0.25) is 0 Å². The second-order valence-corrected chi connectivity index (χ2v) is 70.3. The molecule has 0 amide bonds. The molecule has 0 radical (unpaired) electrons. The number of fused-ring (bicyclic) bond motifs is 13. The average Bonchev–Trinajstić information content (AvgIpc) is 1.48. The maximum absolute atomic E-state index is 6.87. The number of aryl methyl sites for hydroxylation is 1. The third-order valence-electron chi connectivity index (χ3n) is 26.9. The Morgan fingerprint density at radius 1 is 0.241 bits per heavy atom. The number of unbranched alkanes of at least 4 members (excludes halogenated alkanes) is 33. The van der Waals surface area contributed by atoms with Gasteiger partial charge in [-0.1, -0.05) is 194 Å². The number of rotatable bonds is 60. The van der Waals surface area contributed by atoms with E-state index in [2.05, 4.69) is 246 Å². The standard InChI is InChI=1S/C81H96O3S6.6C4H9.2Sn/c1-5-8-11-14-17-20-23-26-29-32-53-82-63-45-39-60(40-46-63)80(59-37-35-58(4)36-38-59)68-72-66(51-56-85-72)87-74(68)76-70(80)78-79(89-76)71-77(90-78)75-69(73-67(88-75)52-57-86-73)81(71,61-41-47-64(48-42-61)83-54-33-30-27-24-21-18-15-12-9-6-2)62-43-49-65(50-44-62)84-55-34-31-28-25-22-19-16-13-10-7-3;6*1-3-4-2;;/h35-52H,5-34,53-55H2,1-4H3;6*1,3-4H2,2H3;;. The Hall–Kier alpha value is -3.14. The number of thiophene rings is 6. The van der Waals surface area contributed by atoms with Crippen LogP contribution in [0.5, 0.6) is 17.2 Å². The topological polar surface area (TPSA) is 27.7 Å². The van der Waals surface area contributed by atoms with Crippen LogP contribution in [0.25, 0.3) is 47.7 Å². The van der Waals surface area contributed by atoms with Gasteiger partial charge in [-0.05, 0) is 0 Å². The molecule has 6 heterocycles. The predicted molar refractivity (Wildman–Crippen MR) is 527 cm³/mol. The molecule has 0 saturated carbocycles. The Morgan fingerprint density at radius 2 is 0.466 bits per heavy atom. The SMILES string of the molecule is CCCCCCCCCCCCOc1ccc(C2(c3ccc(C)cc3)c3c(sc4c[c]([Sn]([CH2]CCC)([CH2]CCC)[CH2]CCC)sc34)-c3sc4c5c(sc4c32)-c2sc3c[c]([Sn]([CH2]CCC)([CH2]CCC)[CH2]CCC)sc3c2C5(c2ccc(OCCCCCCCCCCCC)cc2)c2ccc(OCCCCCCCCCCCC)cc2)cc1. The van der Waals surface area contributed by atoms with Crippen molar-refractivity contribution in [2.24, 2.45) is 0 Å². The molecule has 0 bridgehead atoms. The second-order valence-electron chi connectivity index (χ2n) is 35.7. The van der Waals surface area contributed by atoms with E-state index in [1.807, 2.05) is 5.79 Å². The summed E-state index contributed by atoms with van der Waals surface area (Å²) in [6.07, 6.45) is 55.5. The Morgan fingerprint density at radius 3 is 0.724 bits per heavy atom. The Labute approximate surface area is 737 Å². The summed E-state index contributed by atoms with van der Waals surface area (Å²) in [6, 6.07) is 45.1. The summed E-state index contributed by atoms with van der Waals surface area (Å²) < 4.78 is 42.3. The summed E-state index contributed by atoms with van der Waals surface area (Å²) in [5.74, 6) is 2.97. The zero-order chi connectivity index (χ0) is 81.0. The van der Waals surface area contributed by atoms with Gasteiger partial charge in [0.15, 0.2) is 0 Å². The van der Waals surface area contributed by atoms with E-state index in [9.17, 15) is 0 Å². The van der Waals surface area contributed by atoms with Crippen LogP contribution in [0.15, 0.2) is 109 Å². The summed E-state index contributed by atoms with van der Waals surface area (Å²) in [7, 11) is 0. The van der Waals surface area contributed by atoms with Gasteiger partial charge in [0.1, 0.15) is 0 Å². The van der Waals surface area contributed by atoms with E-state index in [4.69, 9.17) is 14.2 Å². The molecule has 11 heteroatoms. The van der Waals surface area contributed by atoms with Crippen LogP contribution in [0.4, 0.5) is 0 Å². The normalized spacial score (nSPS) is 14.4. The first-order valence-corrected chi connectivity index (χ1v) is 68.0. The van der Waals surface area contributed by atoms with Gasteiger partial charge in [0, 0.05) is 0 Å². The molecular weight excluding hydrogens is 1740 g/mol. The van der Waals surface area contributed by atoms with Gasteiger partial charge in [-0.2, -0.15) is 0 Å². The Kier molecular flexibility index (Phi) is 37.4. The van der Waals surface area contributed by atoms with Gasteiger partial charge >= 0.3 is 551 Å². The number of ether oxygens (including phenoxy) is 3. The third-order valence-corrected chi connectivity index (χ3v) is 71.0. The molecule has 0 saturated heterocycles. The Balaban J connectivity index is 1.04. The molecule has 0 fully saturated rings. The zero-order valence-corrected chi connectivity index (χ0v) is 84.7. The summed E-state index contributed by atoms with van der Waals surface area (Å²) in [5.41, 5.74) is 11.7. The van der Waals surface area contributed by atoms with E-state index < -0.39 is 47.6 Å². The van der Waals surface area contributed by atoms with Crippen molar-refractivity contribution in [1.29, 1.82) is 0 Å². The van der Waals surface area contributed by atoms with Crippen molar-refractivity contribution >= 4 is 139 Å². The van der Waals surface area contributed by atoms with Crippen LogP contribution < -0.4 is 20.0 Å². The minimum atomic E-state index is -2.95. The van der Waals surface area contributed by atoms with Gasteiger partial charge in [-0.15, -0.1) is 0 Å². The zero-order valence-electron chi connectivity index (χ0n) is 74.1. The van der Waals surface area contributed by atoms with Gasteiger partial charge in [0.2, 0.25) is 0 Å². The fourth-order valence-corrected chi connectivity index (χ4v) is 67.8. The van der Waals surface area contributed by atoms with Crippen molar-refractivity contribution in [3.8, 4) is 36.8 Å². The molecule has 116 heavy (non-hydrogen) atoms.